The average molecular weight is 455 g/mol. The number of amides is 2. The van der Waals surface area contributed by atoms with Crippen LogP contribution in [0.1, 0.15) is 19.2 Å². The van der Waals surface area contributed by atoms with E-state index in [1.54, 1.807) is 24.1 Å². The minimum absolute atomic E-state index is 0.157. The Morgan fingerprint density at radius 3 is 2.73 bits per heavy atom. The minimum Gasteiger partial charge on any atom is -0.466 e. The summed E-state index contributed by atoms with van der Waals surface area (Å²) in [5.41, 5.74) is 2.10. The topological polar surface area (TPSA) is 92.6 Å². The summed E-state index contributed by atoms with van der Waals surface area (Å²) >= 11 is 0. The number of ether oxygens (including phenoxy) is 1. The molecule has 9 nitrogen and oxygen atoms in total. The van der Waals surface area contributed by atoms with Crippen molar-refractivity contribution in [1.29, 1.82) is 0 Å². The molecule has 0 saturated carbocycles. The number of halogens is 1. The molecule has 3 heterocycles. The lowest BCUT2D eigenvalue weighted by atomic mass is 10.3. The maximum Gasteiger partial charge on any atom is 0.317 e. The number of piperazine rings is 1. The van der Waals surface area contributed by atoms with Gasteiger partial charge in [0.15, 0.2) is 5.65 Å². The van der Waals surface area contributed by atoms with Crippen LogP contribution >= 0.6 is 0 Å². The number of pyridine rings is 1. The Kier molecular flexibility index (Phi) is 7.13. The van der Waals surface area contributed by atoms with Crippen LogP contribution in [0.2, 0.25) is 0 Å². The summed E-state index contributed by atoms with van der Waals surface area (Å²) < 4.78 is 20.7. The van der Waals surface area contributed by atoms with Crippen molar-refractivity contribution < 1.29 is 18.7 Å². The number of carbonyl (C=O) groups excluding carboxylic acids is 2. The highest BCUT2D eigenvalue weighted by Crippen LogP contribution is 2.22. The van der Waals surface area contributed by atoms with Crippen LogP contribution < -0.4 is 5.32 Å². The van der Waals surface area contributed by atoms with Gasteiger partial charge < -0.3 is 15.0 Å². The van der Waals surface area contributed by atoms with Crippen LogP contribution in [0.15, 0.2) is 42.6 Å². The molecule has 1 aromatic carbocycles. The Hall–Kier alpha value is -3.53. The smallest absolute Gasteiger partial charge is 0.317 e. The largest absolute Gasteiger partial charge is 0.466 e. The van der Waals surface area contributed by atoms with Gasteiger partial charge in [0.25, 0.3) is 0 Å². The number of hydrogen-bond donors (Lipinski definition) is 1. The van der Waals surface area contributed by atoms with Crippen molar-refractivity contribution in [3.8, 4) is 5.69 Å². The molecule has 0 bridgehead atoms. The molecule has 0 spiro atoms. The lowest BCUT2D eigenvalue weighted by Gasteiger charge is -2.34. The number of benzene rings is 1. The predicted molar refractivity (Wildman–Crippen MR) is 120 cm³/mol. The van der Waals surface area contributed by atoms with Gasteiger partial charge in [-0.1, -0.05) is 6.07 Å². The number of nitrogens with one attached hydrogen (secondary N) is 1. The standard InChI is InChI=1S/C23H27FN6O3/c1-2-33-21(31)8-10-26-23(32)29-13-11-28(12-14-29)16-20-27-19-7-4-9-25-22(19)30(20)18-6-3-5-17(24)15-18/h3-7,9,15H,2,8,10-14,16H2,1H3,(H,26,32). The number of esters is 1. The second-order valence-electron chi connectivity index (χ2n) is 7.74. The van der Waals surface area contributed by atoms with Crippen LogP contribution in [-0.2, 0) is 16.1 Å². The third-order valence-electron chi connectivity index (χ3n) is 5.49. The maximum atomic E-state index is 13.9. The van der Waals surface area contributed by atoms with Gasteiger partial charge >= 0.3 is 12.0 Å². The van der Waals surface area contributed by atoms with E-state index in [4.69, 9.17) is 9.72 Å². The number of nitrogens with zero attached hydrogens (tertiary/aromatic N) is 5. The zero-order valence-electron chi connectivity index (χ0n) is 18.5. The van der Waals surface area contributed by atoms with Crippen molar-refractivity contribution >= 4 is 23.2 Å². The van der Waals surface area contributed by atoms with Crippen molar-refractivity contribution in [3.63, 3.8) is 0 Å². The highest BCUT2D eigenvalue weighted by molar-refractivity contribution is 5.76. The van der Waals surface area contributed by atoms with E-state index in [2.05, 4.69) is 15.2 Å². The van der Waals surface area contributed by atoms with Gasteiger partial charge in [-0.3, -0.25) is 14.3 Å². The Labute approximate surface area is 191 Å². The maximum absolute atomic E-state index is 13.9. The number of imidazole rings is 1. The molecule has 1 aliphatic heterocycles. The molecular formula is C23H27FN6O3. The molecule has 10 heteroatoms. The van der Waals surface area contributed by atoms with Crippen LogP contribution in [-0.4, -0.2) is 75.7 Å². The summed E-state index contributed by atoms with van der Waals surface area (Å²) in [5.74, 6) is 0.124. The van der Waals surface area contributed by atoms with E-state index >= 15 is 0 Å². The summed E-state index contributed by atoms with van der Waals surface area (Å²) in [5, 5.41) is 2.77. The predicted octanol–water partition coefficient (Wildman–Crippen LogP) is 2.34. The van der Waals surface area contributed by atoms with Crippen molar-refractivity contribution in [2.75, 3.05) is 39.3 Å². The normalized spacial score (nSPS) is 14.4. The van der Waals surface area contributed by atoms with Gasteiger partial charge in [0.2, 0.25) is 0 Å². The van der Waals surface area contributed by atoms with E-state index in [1.165, 1.54) is 12.1 Å². The molecule has 4 rings (SSSR count). The van der Waals surface area contributed by atoms with Crippen molar-refractivity contribution in [3.05, 3.63) is 54.2 Å². The van der Waals surface area contributed by atoms with Gasteiger partial charge in [-0.2, -0.15) is 0 Å². The molecule has 1 N–H and O–H groups in total. The van der Waals surface area contributed by atoms with Crippen molar-refractivity contribution in [2.24, 2.45) is 0 Å². The fourth-order valence-electron chi connectivity index (χ4n) is 3.88. The molecule has 174 valence electrons. The van der Waals surface area contributed by atoms with E-state index < -0.39 is 0 Å². The average Bonchev–Trinajstić information content (AvgIpc) is 3.17. The summed E-state index contributed by atoms with van der Waals surface area (Å²) in [4.78, 5) is 36.9. The Morgan fingerprint density at radius 2 is 1.97 bits per heavy atom. The SMILES string of the molecule is CCOC(=O)CCNC(=O)N1CCN(Cc2nc3cccnc3n2-c2cccc(F)c2)CC1. The molecule has 2 amide bonds. The summed E-state index contributed by atoms with van der Waals surface area (Å²) in [6.07, 6.45) is 1.85. The Bertz CT molecular complexity index is 1130. The first-order valence-electron chi connectivity index (χ1n) is 11.0. The zero-order chi connectivity index (χ0) is 23.2. The van der Waals surface area contributed by atoms with Gasteiger partial charge in [-0.25, -0.2) is 19.2 Å². The van der Waals surface area contributed by atoms with Gasteiger partial charge in [0.1, 0.15) is 17.2 Å². The Balaban J connectivity index is 1.39. The van der Waals surface area contributed by atoms with Crippen LogP contribution in [0.4, 0.5) is 9.18 Å². The molecule has 0 radical (unpaired) electrons. The molecule has 0 aliphatic carbocycles. The van der Waals surface area contributed by atoms with Gasteiger partial charge in [0.05, 0.1) is 25.3 Å². The fraction of sp³-hybridized carbons (Fsp3) is 0.391. The van der Waals surface area contributed by atoms with Crippen LogP contribution in [0, 0.1) is 5.82 Å². The van der Waals surface area contributed by atoms with E-state index in [-0.39, 0.29) is 30.8 Å². The molecule has 2 aromatic heterocycles. The summed E-state index contributed by atoms with van der Waals surface area (Å²) in [6.45, 7) is 5.34. The van der Waals surface area contributed by atoms with Crippen LogP contribution in [0.3, 0.4) is 0 Å². The Morgan fingerprint density at radius 1 is 1.15 bits per heavy atom. The first-order valence-corrected chi connectivity index (χ1v) is 11.0. The second-order valence-corrected chi connectivity index (χ2v) is 7.74. The van der Waals surface area contributed by atoms with Gasteiger partial charge in [-0.15, -0.1) is 0 Å². The second kappa shape index (κ2) is 10.4. The lowest BCUT2D eigenvalue weighted by molar-refractivity contribution is -0.142. The zero-order valence-corrected chi connectivity index (χ0v) is 18.5. The van der Waals surface area contributed by atoms with Gasteiger partial charge in [0, 0.05) is 38.9 Å². The third-order valence-corrected chi connectivity index (χ3v) is 5.49. The number of carbonyl (C=O) groups is 2. The number of fused-ring (bicyclic) bond motifs is 1. The van der Waals surface area contributed by atoms with Gasteiger partial charge in [-0.05, 0) is 37.3 Å². The number of urea groups is 1. The molecule has 1 saturated heterocycles. The molecule has 3 aromatic rings. The molecule has 0 atom stereocenters. The van der Waals surface area contributed by atoms with Crippen molar-refractivity contribution in [1.82, 2.24) is 29.7 Å². The first-order chi connectivity index (χ1) is 16.0. The summed E-state index contributed by atoms with van der Waals surface area (Å²) in [7, 11) is 0. The highest BCUT2D eigenvalue weighted by atomic mass is 19.1. The molecule has 0 unspecified atom stereocenters. The number of hydrogen-bond acceptors (Lipinski definition) is 6. The summed E-state index contributed by atoms with van der Waals surface area (Å²) in [6, 6.07) is 9.91. The quantitative estimate of drug-likeness (QED) is 0.551. The number of rotatable bonds is 7. The van der Waals surface area contributed by atoms with Crippen molar-refractivity contribution in [2.45, 2.75) is 19.9 Å². The van der Waals surface area contributed by atoms with E-state index in [1.807, 2.05) is 22.8 Å². The van der Waals surface area contributed by atoms with E-state index in [9.17, 15) is 14.0 Å². The van der Waals surface area contributed by atoms with E-state index in [0.29, 0.717) is 50.7 Å². The van der Waals surface area contributed by atoms with E-state index in [0.717, 1.165) is 11.3 Å². The van der Waals surface area contributed by atoms with Crippen LogP contribution in [0.5, 0.6) is 0 Å². The molecule has 33 heavy (non-hydrogen) atoms. The molecular weight excluding hydrogens is 427 g/mol. The highest BCUT2D eigenvalue weighted by Gasteiger charge is 2.23. The lowest BCUT2D eigenvalue weighted by Crippen LogP contribution is -2.51. The minimum atomic E-state index is -0.321. The monoisotopic (exact) mass is 454 g/mol. The molecule has 1 aliphatic rings. The van der Waals surface area contributed by atoms with Crippen LogP contribution in [0.25, 0.3) is 16.9 Å². The first kappa shape index (κ1) is 22.7. The number of aromatic nitrogens is 3. The fourth-order valence-corrected chi connectivity index (χ4v) is 3.88. The molecule has 1 fully saturated rings. The third kappa shape index (κ3) is 5.46.